The largest absolute Gasteiger partial charge is 0.253 e. The predicted octanol–water partition coefficient (Wildman–Crippen LogP) is 1.40. The molecule has 0 amide bonds. The number of nitrogens with zero attached hydrogens (tertiary/aromatic N) is 1. The van der Waals surface area contributed by atoms with Gasteiger partial charge in [-0.25, -0.2) is 8.42 Å². The van der Waals surface area contributed by atoms with Gasteiger partial charge >= 0.3 is 0 Å². The van der Waals surface area contributed by atoms with Gasteiger partial charge < -0.3 is 0 Å². The number of benzene rings is 1. The second-order valence-corrected chi connectivity index (χ2v) is 5.11. The molecular formula is C10H11NO2S. The van der Waals surface area contributed by atoms with Crippen molar-refractivity contribution in [2.45, 2.75) is 12.8 Å². The maximum atomic E-state index is 11.0. The topological polar surface area (TPSA) is 46.5 Å². The van der Waals surface area contributed by atoms with E-state index in [0.717, 1.165) is 11.3 Å². The molecule has 4 heteroatoms. The Balaban J connectivity index is 2.15. The average molecular weight is 209 g/mol. The molecule has 1 aliphatic heterocycles. The lowest BCUT2D eigenvalue weighted by molar-refractivity contribution is 0.600. The van der Waals surface area contributed by atoms with Crippen LogP contribution in [0, 0.1) is 0 Å². The summed E-state index contributed by atoms with van der Waals surface area (Å²) in [4.78, 5) is 0. The van der Waals surface area contributed by atoms with E-state index >= 15 is 0 Å². The summed E-state index contributed by atoms with van der Waals surface area (Å²) in [6.45, 7) is 0. The van der Waals surface area contributed by atoms with Gasteiger partial charge in [0.05, 0.1) is 5.75 Å². The lowest BCUT2D eigenvalue weighted by Crippen LogP contribution is -1.99. The molecule has 1 heterocycles. The summed E-state index contributed by atoms with van der Waals surface area (Å²) in [5.41, 5.74) is 1.89. The first-order valence-electron chi connectivity index (χ1n) is 4.50. The molecule has 1 aliphatic rings. The van der Waals surface area contributed by atoms with E-state index in [9.17, 15) is 8.42 Å². The lowest BCUT2D eigenvalue weighted by Gasteiger charge is -1.97. The molecule has 0 aliphatic carbocycles. The van der Waals surface area contributed by atoms with Crippen molar-refractivity contribution < 1.29 is 8.42 Å². The SMILES string of the molecule is O=S1(=O)CCC(Cc2ccccc2)=N1. The van der Waals surface area contributed by atoms with Crippen molar-refractivity contribution in [3.63, 3.8) is 0 Å². The molecule has 0 fully saturated rings. The highest BCUT2D eigenvalue weighted by Crippen LogP contribution is 2.12. The van der Waals surface area contributed by atoms with Crippen LogP contribution in [0.2, 0.25) is 0 Å². The zero-order chi connectivity index (χ0) is 10.0. The number of hydrogen-bond donors (Lipinski definition) is 0. The molecule has 0 radical (unpaired) electrons. The van der Waals surface area contributed by atoms with E-state index in [1.165, 1.54) is 0 Å². The van der Waals surface area contributed by atoms with Crippen molar-refractivity contribution in [1.29, 1.82) is 0 Å². The molecule has 3 nitrogen and oxygen atoms in total. The summed E-state index contributed by atoms with van der Waals surface area (Å²) >= 11 is 0. The molecule has 1 aromatic carbocycles. The van der Waals surface area contributed by atoms with Crippen LogP contribution in [0.1, 0.15) is 12.0 Å². The molecule has 0 saturated heterocycles. The van der Waals surface area contributed by atoms with Gasteiger partial charge in [-0.15, -0.1) is 0 Å². The van der Waals surface area contributed by atoms with Gasteiger partial charge in [0, 0.05) is 18.6 Å². The summed E-state index contributed by atoms with van der Waals surface area (Å²) in [7, 11) is -3.13. The van der Waals surface area contributed by atoms with Crippen LogP contribution in [0.25, 0.3) is 0 Å². The number of sulfonamides is 1. The van der Waals surface area contributed by atoms with Gasteiger partial charge in [0.1, 0.15) is 0 Å². The normalized spacial score (nSPS) is 19.3. The Kier molecular flexibility index (Phi) is 2.37. The van der Waals surface area contributed by atoms with Crippen LogP contribution < -0.4 is 0 Å². The first kappa shape index (κ1) is 9.40. The summed E-state index contributed by atoms with van der Waals surface area (Å²) in [5, 5.41) is 0. The van der Waals surface area contributed by atoms with Gasteiger partial charge in [-0.1, -0.05) is 30.3 Å². The number of rotatable bonds is 2. The van der Waals surface area contributed by atoms with Gasteiger partial charge in [-0.05, 0) is 5.56 Å². The third-order valence-corrected chi connectivity index (χ3v) is 3.42. The highest BCUT2D eigenvalue weighted by Gasteiger charge is 2.19. The zero-order valence-electron chi connectivity index (χ0n) is 7.68. The summed E-state index contributed by atoms with van der Waals surface area (Å²) in [6.07, 6.45) is 1.23. The van der Waals surface area contributed by atoms with Crippen LogP contribution in [0.4, 0.5) is 0 Å². The Morgan fingerprint density at radius 3 is 2.50 bits per heavy atom. The third-order valence-electron chi connectivity index (χ3n) is 2.17. The fourth-order valence-electron chi connectivity index (χ4n) is 1.49. The van der Waals surface area contributed by atoms with Gasteiger partial charge in [-0.2, -0.15) is 4.40 Å². The monoisotopic (exact) mass is 209 g/mol. The third kappa shape index (κ3) is 2.20. The molecule has 74 valence electrons. The molecule has 1 aromatic rings. The first-order valence-corrected chi connectivity index (χ1v) is 6.11. The Morgan fingerprint density at radius 1 is 1.21 bits per heavy atom. The Labute approximate surface area is 83.5 Å². The highest BCUT2D eigenvalue weighted by molar-refractivity contribution is 7.90. The maximum absolute atomic E-state index is 11.0. The minimum absolute atomic E-state index is 0.176. The van der Waals surface area contributed by atoms with E-state index < -0.39 is 10.0 Å². The van der Waals surface area contributed by atoms with E-state index in [-0.39, 0.29) is 5.75 Å². The first-order chi connectivity index (χ1) is 6.66. The Morgan fingerprint density at radius 2 is 1.93 bits per heavy atom. The van der Waals surface area contributed by atoms with E-state index in [0.29, 0.717) is 12.8 Å². The average Bonchev–Trinajstić information content (AvgIpc) is 2.47. The minimum atomic E-state index is -3.13. The molecule has 14 heavy (non-hydrogen) atoms. The fraction of sp³-hybridized carbons (Fsp3) is 0.300. The van der Waals surface area contributed by atoms with E-state index in [1.807, 2.05) is 30.3 Å². The quantitative estimate of drug-likeness (QED) is 0.739. The van der Waals surface area contributed by atoms with Crippen LogP contribution in [0.5, 0.6) is 0 Å². The van der Waals surface area contributed by atoms with Crippen molar-refractivity contribution in [1.82, 2.24) is 0 Å². The molecule has 0 bridgehead atoms. The fourth-order valence-corrected chi connectivity index (χ4v) is 2.62. The molecule has 0 spiro atoms. The maximum Gasteiger partial charge on any atom is 0.253 e. The van der Waals surface area contributed by atoms with Gasteiger partial charge in [-0.3, -0.25) is 0 Å². The lowest BCUT2D eigenvalue weighted by atomic mass is 10.1. The van der Waals surface area contributed by atoms with Crippen molar-refractivity contribution >= 4 is 15.7 Å². The van der Waals surface area contributed by atoms with Crippen LogP contribution in [0.3, 0.4) is 0 Å². The van der Waals surface area contributed by atoms with Gasteiger partial charge in [0.2, 0.25) is 0 Å². The van der Waals surface area contributed by atoms with Crippen molar-refractivity contribution in [2.24, 2.45) is 4.40 Å². The van der Waals surface area contributed by atoms with Gasteiger partial charge in [0.15, 0.2) is 0 Å². The zero-order valence-corrected chi connectivity index (χ0v) is 8.50. The van der Waals surface area contributed by atoms with Gasteiger partial charge in [0.25, 0.3) is 10.0 Å². The molecule has 0 unspecified atom stereocenters. The van der Waals surface area contributed by atoms with Crippen LogP contribution in [-0.4, -0.2) is 19.9 Å². The molecule has 0 N–H and O–H groups in total. The van der Waals surface area contributed by atoms with E-state index in [1.54, 1.807) is 0 Å². The van der Waals surface area contributed by atoms with Crippen LogP contribution in [-0.2, 0) is 16.4 Å². The molecule has 0 aromatic heterocycles. The molecule has 0 atom stereocenters. The van der Waals surface area contributed by atoms with Crippen molar-refractivity contribution in [3.05, 3.63) is 35.9 Å². The number of hydrogen-bond acceptors (Lipinski definition) is 2. The Hall–Kier alpha value is -1.16. The predicted molar refractivity (Wildman–Crippen MR) is 56.0 cm³/mol. The molecule has 0 saturated carbocycles. The Bertz CT molecular complexity index is 448. The summed E-state index contributed by atoms with van der Waals surface area (Å²) < 4.78 is 25.8. The molecular weight excluding hydrogens is 198 g/mol. The van der Waals surface area contributed by atoms with E-state index in [4.69, 9.17) is 0 Å². The summed E-state index contributed by atoms with van der Waals surface area (Å²) in [6, 6.07) is 9.79. The summed E-state index contributed by atoms with van der Waals surface area (Å²) in [5.74, 6) is 0.176. The van der Waals surface area contributed by atoms with Crippen LogP contribution >= 0.6 is 0 Å². The van der Waals surface area contributed by atoms with Crippen LogP contribution in [0.15, 0.2) is 34.7 Å². The molecule has 2 rings (SSSR count). The second kappa shape index (κ2) is 3.53. The minimum Gasteiger partial charge on any atom is -0.205 e. The van der Waals surface area contributed by atoms with E-state index in [2.05, 4.69) is 4.40 Å². The van der Waals surface area contributed by atoms with Crippen molar-refractivity contribution in [3.8, 4) is 0 Å². The second-order valence-electron chi connectivity index (χ2n) is 3.36. The standard InChI is InChI=1S/C10H11NO2S/c12-14(13)7-6-10(11-14)8-9-4-2-1-3-5-9/h1-5H,6-8H2. The smallest absolute Gasteiger partial charge is 0.205 e. The highest BCUT2D eigenvalue weighted by atomic mass is 32.2. The van der Waals surface area contributed by atoms with Crippen molar-refractivity contribution in [2.75, 3.05) is 5.75 Å².